The third-order valence-corrected chi connectivity index (χ3v) is 5.16. The highest BCUT2D eigenvalue weighted by molar-refractivity contribution is 7.18. The third kappa shape index (κ3) is 6.18. The lowest BCUT2D eigenvalue weighted by Crippen LogP contribution is -2.45. The summed E-state index contributed by atoms with van der Waals surface area (Å²) >= 11 is 1.18. The molecule has 0 unspecified atom stereocenters. The number of benzene rings is 2. The number of halogens is 1. The number of anilines is 1. The summed E-state index contributed by atoms with van der Waals surface area (Å²) in [5.41, 5.74) is 1.65. The number of carbonyl (C=O) groups excluding carboxylic acids is 2. The summed E-state index contributed by atoms with van der Waals surface area (Å²) in [6, 6.07) is 14.6. The molecule has 0 aliphatic heterocycles. The molecule has 1 atom stereocenters. The first-order chi connectivity index (χ1) is 14.4. The van der Waals surface area contributed by atoms with Crippen LogP contribution in [0.1, 0.15) is 25.8 Å². The molecule has 0 aliphatic rings. The van der Waals surface area contributed by atoms with Gasteiger partial charge in [-0.25, -0.2) is 4.39 Å². The van der Waals surface area contributed by atoms with Crippen LogP contribution in [0.2, 0.25) is 0 Å². The average Bonchev–Trinajstić information content (AvgIpc) is 3.16. The number of hydrogen-bond acceptors (Lipinski definition) is 5. The van der Waals surface area contributed by atoms with Crippen LogP contribution >= 0.6 is 11.3 Å². The molecule has 3 aromatic rings. The monoisotopic (exact) mass is 426 g/mol. The van der Waals surface area contributed by atoms with Gasteiger partial charge in [-0.3, -0.25) is 14.9 Å². The molecule has 2 aromatic carbocycles. The molecule has 0 radical (unpaired) electrons. The molecule has 1 aromatic heterocycles. The topological polar surface area (TPSA) is 84.0 Å². The van der Waals surface area contributed by atoms with E-state index in [9.17, 15) is 14.0 Å². The smallest absolute Gasteiger partial charge is 0.249 e. The highest BCUT2D eigenvalue weighted by Gasteiger charge is 2.23. The fourth-order valence-electron chi connectivity index (χ4n) is 2.86. The fraction of sp³-hybridized carbons (Fsp3) is 0.273. The fourth-order valence-corrected chi connectivity index (χ4v) is 3.61. The van der Waals surface area contributed by atoms with Crippen LogP contribution in [0.15, 0.2) is 54.6 Å². The molecule has 2 N–H and O–H groups in total. The molecule has 1 heterocycles. The van der Waals surface area contributed by atoms with Crippen molar-refractivity contribution in [2.45, 2.75) is 32.7 Å². The summed E-state index contributed by atoms with van der Waals surface area (Å²) in [5, 5.41) is 14.5. The lowest BCUT2D eigenvalue weighted by molar-refractivity contribution is -0.127. The quantitative estimate of drug-likeness (QED) is 0.569. The highest BCUT2D eigenvalue weighted by Crippen LogP contribution is 2.26. The number of amides is 2. The molecule has 2 amide bonds. The van der Waals surface area contributed by atoms with E-state index in [0.29, 0.717) is 28.5 Å². The van der Waals surface area contributed by atoms with Crippen LogP contribution in [0.25, 0.3) is 10.6 Å². The Morgan fingerprint density at radius 1 is 1.03 bits per heavy atom. The van der Waals surface area contributed by atoms with Gasteiger partial charge in [0.2, 0.25) is 16.9 Å². The van der Waals surface area contributed by atoms with Gasteiger partial charge in [-0.15, -0.1) is 10.2 Å². The van der Waals surface area contributed by atoms with Gasteiger partial charge in [0.15, 0.2) is 0 Å². The summed E-state index contributed by atoms with van der Waals surface area (Å²) in [6.07, 6.45) is 0.701. The number of nitrogens with one attached hydrogen (secondary N) is 2. The van der Waals surface area contributed by atoms with E-state index in [-0.39, 0.29) is 23.5 Å². The van der Waals surface area contributed by atoms with Crippen LogP contribution in [-0.4, -0.2) is 28.1 Å². The molecule has 0 fully saturated rings. The maximum absolute atomic E-state index is 13.1. The van der Waals surface area contributed by atoms with Gasteiger partial charge in [0.25, 0.3) is 0 Å². The standard InChI is InChI=1S/C22H23FN4O2S/c1-14(2)12-19(28)24-18(13-15-6-4-3-5-7-15)20(29)25-22-27-26-21(30-22)16-8-10-17(23)11-9-16/h3-11,14,18H,12-13H2,1-2H3,(H,24,28)(H,25,27,29)/t18-/m1/s1. The first-order valence-electron chi connectivity index (χ1n) is 9.64. The van der Waals surface area contributed by atoms with Gasteiger partial charge in [-0.1, -0.05) is 55.5 Å². The van der Waals surface area contributed by atoms with Gasteiger partial charge in [0.05, 0.1) is 0 Å². The minimum absolute atomic E-state index is 0.176. The van der Waals surface area contributed by atoms with E-state index >= 15 is 0 Å². The van der Waals surface area contributed by atoms with E-state index in [2.05, 4.69) is 20.8 Å². The summed E-state index contributed by atoms with van der Waals surface area (Å²) in [4.78, 5) is 25.2. The van der Waals surface area contributed by atoms with Gasteiger partial charge in [-0.05, 0) is 35.7 Å². The van der Waals surface area contributed by atoms with E-state index in [1.807, 2.05) is 44.2 Å². The number of nitrogens with zero attached hydrogens (tertiary/aromatic N) is 2. The Labute approximate surface area is 178 Å². The zero-order chi connectivity index (χ0) is 21.5. The van der Waals surface area contributed by atoms with E-state index in [0.717, 1.165) is 5.56 Å². The van der Waals surface area contributed by atoms with Crippen LogP contribution in [-0.2, 0) is 16.0 Å². The van der Waals surface area contributed by atoms with E-state index in [1.54, 1.807) is 12.1 Å². The Morgan fingerprint density at radius 3 is 2.40 bits per heavy atom. The van der Waals surface area contributed by atoms with E-state index in [1.165, 1.54) is 23.5 Å². The molecule has 6 nitrogen and oxygen atoms in total. The largest absolute Gasteiger partial charge is 0.344 e. The van der Waals surface area contributed by atoms with Crippen molar-refractivity contribution in [1.29, 1.82) is 0 Å². The second-order valence-corrected chi connectivity index (χ2v) is 8.29. The molecule has 0 saturated heterocycles. The minimum Gasteiger partial charge on any atom is -0.344 e. The van der Waals surface area contributed by atoms with Crippen LogP contribution < -0.4 is 10.6 Å². The lowest BCUT2D eigenvalue weighted by Gasteiger charge is -2.18. The molecule has 30 heavy (non-hydrogen) atoms. The van der Waals surface area contributed by atoms with Crippen molar-refractivity contribution in [1.82, 2.24) is 15.5 Å². The van der Waals surface area contributed by atoms with E-state index < -0.39 is 6.04 Å². The van der Waals surface area contributed by atoms with Gasteiger partial charge >= 0.3 is 0 Å². The maximum atomic E-state index is 13.1. The molecule has 0 bridgehead atoms. The minimum atomic E-state index is -0.739. The first-order valence-corrected chi connectivity index (χ1v) is 10.5. The average molecular weight is 427 g/mol. The number of carbonyl (C=O) groups is 2. The van der Waals surface area contributed by atoms with Crippen molar-refractivity contribution in [3.05, 3.63) is 66.0 Å². The Kier molecular flexibility index (Phi) is 7.24. The lowest BCUT2D eigenvalue weighted by atomic mass is 10.0. The second kappa shape index (κ2) is 10.1. The molecular weight excluding hydrogens is 403 g/mol. The first kappa shape index (κ1) is 21.6. The van der Waals surface area contributed by atoms with Crippen LogP contribution in [0.5, 0.6) is 0 Å². The summed E-state index contributed by atoms with van der Waals surface area (Å²) < 4.78 is 13.1. The van der Waals surface area contributed by atoms with E-state index in [4.69, 9.17) is 0 Å². The molecule has 0 aliphatic carbocycles. The summed E-state index contributed by atoms with van der Waals surface area (Å²) in [7, 11) is 0. The third-order valence-electron chi connectivity index (χ3n) is 4.27. The van der Waals surface area contributed by atoms with Gasteiger partial charge in [0, 0.05) is 18.4 Å². The van der Waals surface area contributed by atoms with Crippen LogP contribution in [0.3, 0.4) is 0 Å². The van der Waals surface area contributed by atoms with Gasteiger partial charge in [0.1, 0.15) is 16.9 Å². The van der Waals surface area contributed by atoms with Gasteiger partial charge in [-0.2, -0.15) is 0 Å². The highest BCUT2D eigenvalue weighted by atomic mass is 32.1. The molecule has 3 rings (SSSR count). The zero-order valence-corrected chi connectivity index (χ0v) is 17.6. The predicted molar refractivity (Wildman–Crippen MR) is 115 cm³/mol. The second-order valence-electron chi connectivity index (χ2n) is 7.32. The Morgan fingerprint density at radius 2 is 1.73 bits per heavy atom. The molecule has 0 saturated carbocycles. The van der Waals surface area contributed by atoms with Crippen molar-refractivity contribution < 1.29 is 14.0 Å². The number of rotatable bonds is 8. The molecule has 156 valence electrons. The number of aromatic nitrogens is 2. The molecular formula is C22H23FN4O2S. The normalized spacial score (nSPS) is 11.9. The Hall–Kier alpha value is -3.13. The van der Waals surface area contributed by atoms with Gasteiger partial charge < -0.3 is 5.32 Å². The zero-order valence-electron chi connectivity index (χ0n) is 16.8. The van der Waals surface area contributed by atoms with Crippen molar-refractivity contribution in [3.63, 3.8) is 0 Å². The van der Waals surface area contributed by atoms with Crippen LogP contribution in [0.4, 0.5) is 9.52 Å². The predicted octanol–water partition coefficient (Wildman–Crippen LogP) is 4.06. The SMILES string of the molecule is CC(C)CC(=O)N[C@H](Cc1ccccc1)C(=O)Nc1nnc(-c2ccc(F)cc2)s1. The maximum Gasteiger partial charge on any atom is 0.249 e. The van der Waals surface area contributed by atoms with Crippen molar-refractivity contribution in [2.75, 3.05) is 5.32 Å². The molecule has 8 heteroatoms. The van der Waals surface area contributed by atoms with Crippen molar-refractivity contribution in [2.24, 2.45) is 5.92 Å². The number of hydrogen-bond donors (Lipinski definition) is 2. The summed E-state index contributed by atoms with van der Waals surface area (Å²) in [5.74, 6) is -0.687. The van der Waals surface area contributed by atoms with Crippen molar-refractivity contribution in [3.8, 4) is 10.6 Å². The summed E-state index contributed by atoms with van der Waals surface area (Å²) in [6.45, 7) is 3.90. The molecule has 0 spiro atoms. The Bertz CT molecular complexity index is 990. The van der Waals surface area contributed by atoms with Crippen LogP contribution in [0, 0.1) is 11.7 Å². The van der Waals surface area contributed by atoms with Crippen molar-refractivity contribution >= 4 is 28.3 Å². The Balaban J connectivity index is 1.72.